The zero-order chi connectivity index (χ0) is 14.6. The van der Waals surface area contributed by atoms with Crippen LogP contribution in [0.2, 0.25) is 0 Å². The first-order valence-corrected chi connectivity index (χ1v) is 9.18. The number of nitrogens with zero attached hydrogens (tertiary/aromatic N) is 1. The van der Waals surface area contributed by atoms with E-state index in [1.165, 1.54) is 84.0 Å². The normalized spacial score (nSPS) is 18.0. The van der Waals surface area contributed by atoms with E-state index in [0.717, 1.165) is 5.92 Å². The second-order valence-electron chi connectivity index (χ2n) is 6.97. The second-order valence-corrected chi connectivity index (χ2v) is 6.97. The molecule has 1 heterocycles. The Bertz CT molecular complexity index is 207. The van der Waals surface area contributed by atoms with Gasteiger partial charge in [0.1, 0.15) is 0 Å². The van der Waals surface area contributed by atoms with Crippen molar-refractivity contribution in [3.8, 4) is 0 Å². The lowest BCUT2D eigenvalue weighted by Gasteiger charge is -2.32. The van der Waals surface area contributed by atoms with E-state index in [1.54, 1.807) is 0 Å². The van der Waals surface area contributed by atoms with Gasteiger partial charge in [0.05, 0.1) is 0 Å². The van der Waals surface area contributed by atoms with Crippen molar-refractivity contribution in [1.29, 1.82) is 0 Å². The van der Waals surface area contributed by atoms with Crippen LogP contribution in [0.3, 0.4) is 0 Å². The SMILES string of the molecule is CCCCCCCCCN1CCC(CNC(C)C)CC1. The minimum atomic E-state index is 0.640. The van der Waals surface area contributed by atoms with Gasteiger partial charge in [0.25, 0.3) is 0 Å². The number of hydrogen-bond donors (Lipinski definition) is 1. The summed E-state index contributed by atoms with van der Waals surface area (Å²) in [6.45, 7) is 12.0. The number of unbranched alkanes of at least 4 members (excludes halogenated alkanes) is 6. The summed E-state index contributed by atoms with van der Waals surface area (Å²) in [5.74, 6) is 0.919. The molecular formula is C18H38N2. The number of hydrogen-bond acceptors (Lipinski definition) is 2. The maximum atomic E-state index is 3.59. The number of rotatable bonds is 11. The second kappa shape index (κ2) is 11.6. The summed E-state index contributed by atoms with van der Waals surface area (Å²) in [4.78, 5) is 2.69. The first-order chi connectivity index (χ1) is 9.72. The van der Waals surface area contributed by atoms with Gasteiger partial charge in [-0.2, -0.15) is 0 Å². The van der Waals surface area contributed by atoms with Gasteiger partial charge in [0.2, 0.25) is 0 Å². The van der Waals surface area contributed by atoms with E-state index in [2.05, 4.69) is 31.0 Å². The van der Waals surface area contributed by atoms with Gasteiger partial charge >= 0.3 is 0 Å². The summed E-state index contributed by atoms with van der Waals surface area (Å²) in [5.41, 5.74) is 0. The summed E-state index contributed by atoms with van der Waals surface area (Å²) in [7, 11) is 0. The molecule has 0 saturated carbocycles. The molecule has 2 nitrogen and oxygen atoms in total. The van der Waals surface area contributed by atoms with E-state index in [9.17, 15) is 0 Å². The molecule has 0 amide bonds. The molecule has 1 saturated heterocycles. The van der Waals surface area contributed by atoms with Crippen molar-refractivity contribution in [2.45, 2.75) is 84.6 Å². The largest absolute Gasteiger partial charge is 0.314 e. The summed E-state index contributed by atoms with van der Waals surface area (Å²) < 4.78 is 0. The van der Waals surface area contributed by atoms with Crippen LogP contribution in [0.5, 0.6) is 0 Å². The Morgan fingerprint density at radius 1 is 0.950 bits per heavy atom. The van der Waals surface area contributed by atoms with Crippen molar-refractivity contribution < 1.29 is 0 Å². The Morgan fingerprint density at radius 3 is 2.15 bits per heavy atom. The molecule has 0 unspecified atom stereocenters. The van der Waals surface area contributed by atoms with Gasteiger partial charge in [0.15, 0.2) is 0 Å². The molecule has 2 heteroatoms. The maximum Gasteiger partial charge on any atom is 0.00104 e. The molecule has 1 rings (SSSR count). The zero-order valence-corrected chi connectivity index (χ0v) is 14.3. The lowest BCUT2D eigenvalue weighted by atomic mass is 9.96. The van der Waals surface area contributed by atoms with Gasteiger partial charge in [-0.3, -0.25) is 0 Å². The lowest BCUT2D eigenvalue weighted by Crippen LogP contribution is -2.39. The molecule has 120 valence electrons. The van der Waals surface area contributed by atoms with Crippen LogP contribution >= 0.6 is 0 Å². The highest BCUT2D eigenvalue weighted by atomic mass is 15.1. The molecule has 1 N–H and O–H groups in total. The van der Waals surface area contributed by atoms with Crippen LogP contribution in [-0.2, 0) is 0 Å². The lowest BCUT2D eigenvalue weighted by molar-refractivity contribution is 0.178. The third-order valence-corrected chi connectivity index (χ3v) is 4.60. The van der Waals surface area contributed by atoms with Crippen LogP contribution in [0.1, 0.15) is 78.6 Å². The molecule has 1 aliphatic rings. The fourth-order valence-corrected chi connectivity index (χ4v) is 3.11. The first kappa shape index (κ1) is 18.0. The molecule has 1 aliphatic heterocycles. The van der Waals surface area contributed by atoms with Gasteiger partial charge in [-0.1, -0.05) is 59.3 Å². The molecule has 0 atom stereocenters. The van der Waals surface area contributed by atoms with E-state index in [1.807, 2.05) is 0 Å². The first-order valence-electron chi connectivity index (χ1n) is 9.18. The van der Waals surface area contributed by atoms with E-state index < -0.39 is 0 Å². The van der Waals surface area contributed by atoms with E-state index in [0.29, 0.717) is 6.04 Å². The van der Waals surface area contributed by atoms with E-state index in [-0.39, 0.29) is 0 Å². The van der Waals surface area contributed by atoms with Crippen molar-refractivity contribution in [3.63, 3.8) is 0 Å². The Morgan fingerprint density at radius 2 is 1.55 bits per heavy atom. The van der Waals surface area contributed by atoms with Gasteiger partial charge < -0.3 is 10.2 Å². The number of piperidine rings is 1. The van der Waals surface area contributed by atoms with Crippen molar-refractivity contribution in [1.82, 2.24) is 10.2 Å². The third kappa shape index (κ3) is 8.97. The fourth-order valence-electron chi connectivity index (χ4n) is 3.11. The smallest absolute Gasteiger partial charge is 0.00104 e. The summed E-state index contributed by atoms with van der Waals surface area (Å²) in [6.07, 6.45) is 12.8. The molecular weight excluding hydrogens is 244 g/mol. The van der Waals surface area contributed by atoms with E-state index >= 15 is 0 Å². The van der Waals surface area contributed by atoms with Crippen LogP contribution in [0, 0.1) is 5.92 Å². The molecule has 20 heavy (non-hydrogen) atoms. The zero-order valence-electron chi connectivity index (χ0n) is 14.3. The van der Waals surface area contributed by atoms with Gasteiger partial charge in [-0.05, 0) is 51.4 Å². The molecule has 0 bridgehead atoms. The monoisotopic (exact) mass is 282 g/mol. The van der Waals surface area contributed by atoms with Crippen LogP contribution < -0.4 is 5.32 Å². The van der Waals surface area contributed by atoms with Gasteiger partial charge in [-0.15, -0.1) is 0 Å². The van der Waals surface area contributed by atoms with Crippen molar-refractivity contribution in [3.05, 3.63) is 0 Å². The highest BCUT2D eigenvalue weighted by Gasteiger charge is 2.18. The highest BCUT2D eigenvalue weighted by Crippen LogP contribution is 2.17. The Hall–Kier alpha value is -0.0800. The Kier molecular flexibility index (Phi) is 10.4. The predicted molar refractivity (Wildman–Crippen MR) is 90.3 cm³/mol. The number of nitrogens with one attached hydrogen (secondary N) is 1. The molecule has 0 spiro atoms. The average molecular weight is 283 g/mol. The van der Waals surface area contributed by atoms with Crippen molar-refractivity contribution >= 4 is 0 Å². The minimum absolute atomic E-state index is 0.640. The molecule has 0 aromatic rings. The molecule has 0 aromatic carbocycles. The Labute approximate surface area is 127 Å². The molecule has 0 aliphatic carbocycles. The standard InChI is InChI=1S/C18H38N2/c1-4-5-6-7-8-9-10-13-20-14-11-18(12-15-20)16-19-17(2)3/h17-19H,4-16H2,1-3H3. The summed E-state index contributed by atoms with van der Waals surface area (Å²) in [6, 6.07) is 0.640. The molecule has 1 fully saturated rings. The maximum absolute atomic E-state index is 3.59. The third-order valence-electron chi connectivity index (χ3n) is 4.60. The fraction of sp³-hybridized carbons (Fsp3) is 1.00. The number of likely N-dealkylation sites (tertiary alicyclic amines) is 1. The van der Waals surface area contributed by atoms with Gasteiger partial charge in [-0.25, -0.2) is 0 Å². The highest BCUT2D eigenvalue weighted by molar-refractivity contribution is 4.74. The molecule has 0 radical (unpaired) electrons. The van der Waals surface area contributed by atoms with Crippen LogP contribution in [0.4, 0.5) is 0 Å². The predicted octanol–water partition coefficient (Wildman–Crippen LogP) is 4.45. The Balaban J connectivity index is 1.92. The molecule has 0 aromatic heterocycles. The minimum Gasteiger partial charge on any atom is -0.314 e. The van der Waals surface area contributed by atoms with Crippen LogP contribution in [0.15, 0.2) is 0 Å². The summed E-state index contributed by atoms with van der Waals surface area (Å²) >= 11 is 0. The topological polar surface area (TPSA) is 15.3 Å². The average Bonchev–Trinajstić information content (AvgIpc) is 2.45. The van der Waals surface area contributed by atoms with Crippen molar-refractivity contribution in [2.24, 2.45) is 5.92 Å². The van der Waals surface area contributed by atoms with Gasteiger partial charge in [0, 0.05) is 6.04 Å². The van der Waals surface area contributed by atoms with E-state index in [4.69, 9.17) is 0 Å². The summed E-state index contributed by atoms with van der Waals surface area (Å²) in [5, 5.41) is 3.59. The van der Waals surface area contributed by atoms with Crippen LogP contribution in [-0.4, -0.2) is 37.1 Å². The van der Waals surface area contributed by atoms with Crippen LogP contribution in [0.25, 0.3) is 0 Å². The van der Waals surface area contributed by atoms with Crippen molar-refractivity contribution in [2.75, 3.05) is 26.2 Å². The quantitative estimate of drug-likeness (QED) is 0.563.